The minimum atomic E-state index is -0.440. The van der Waals surface area contributed by atoms with Crippen LogP contribution in [0.1, 0.15) is 33.6 Å². The Balaban J connectivity index is 3.56. The predicted molar refractivity (Wildman–Crippen MR) is 51.5 cm³/mol. The molecule has 3 heteroatoms. The van der Waals surface area contributed by atoms with Crippen LogP contribution in [-0.4, -0.2) is 25.8 Å². The maximum Gasteiger partial charge on any atom is 0.334 e. The van der Waals surface area contributed by atoms with Gasteiger partial charge in [0.25, 0.3) is 0 Å². The Bertz CT molecular complexity index is 145. The number of methoxy groups -OCH3 is 1. The normalized spacial score (nSPS) is 15.1. The Kier molecular flexibility index (Phi) is 6.59. The minimum Gasteiger partial charge on any atom is -0.467 e. The Hall–Kier alpha value is -0.570. The Morgan fingerprint density at radius 1 is 1.38 bits per heavy atom. The first-order chi connectivity index (χ1) is 6.11. The van der Waals surface area contributed by atoms with Crippen LogP contribution >= 0.6 is 0 Å². The van der Waals surface area contributed by atoms with Gasteiger partial charge in [-0.3, -0.25) is 0 Å². The van der Waals surface area contributed by atoms with Crippen molar-refractivity contribution < 1.29 is 14.3 Å². The van der Waals surface area contributed by atoms with Crippen LogP contribution in [0.4, 0.5) is 0 Å². The molecule has 0 saturated heterocycles. The van der Waals surface area contributed by atoms with Crippen molar-refractivity contribution in [2.45, 2.75) is 39.7 Å². The number of rotatable bonds is 6. The van der Waals surface area contributed by atoms with E-state index in [9.17, 15) is 4.79 Å². The molecule has 3 nitrogen and oxygen atoms in total. The fourth-order valence-electron chi connectivity index (χ4n) is 1.12. The lowest BCUT2D eigenvalue weighted by Crippen LogP contribution is -2.24. The molecule has 0 amide bonds. The van der Waals surface area contributed by atoms with Crippen LogP contribution < -0.4 is 0 Å². The van der Waals surface area contributed by atoms with Gasteiger partial charge in [-0.25, -0.2) is 4.79 Å². The zero-order valence-corrected chi connectivity index (χ0v) is 9.00. The summed E-state index contributed by atoms with van der Waals surface area (Å²) in [6.07, 6.45) is 1.84. The van der Waals surface area contributed by atoms with Crippen molar-refractivity contribution in [1.29, 1.82) is 0 Å². The first kappa shape index (κ1) is 12.4. The van der Waals surface area contributed by atoms with Crippen molar-refractivity contribution in [3.8, 4) is 0 Å². The van der Waals surface area contributed by atoms with E-state index in [0.29, 0.717) is 12.5 Å². The van der Waals surface area contributed by atoms with Crippen molar-refractivity contribution in [2.75, 3.05) is 13.7 Å². The van der Waals surface area contributed by atoms with Gasteiger partial charge >= 0.3 is 5.97 Å². The molecule has 0 radical (unpaired) electrons. The van der Waals surface area contributed by atoms with E-state index < -0.39 is 6.10 Å². The van der Waals surface area contributed by atoms with Gasteiger partial charge in [0.2, 0.25) is 0 Å². The van der Waals surface area contributed by atoms with Crippen molar-refractivity contribution in [2.24, 2.45) is 5.92 Å². The third kappa shape index (κ3) is 5.64. The van der Waals surface area contributed by atoms with Crippen LogP contribution in [0.25, 0.3) is 0 Å². The zero-order chi connectivity index (χ0) is 10.3. The number of esters is 1. The quantitative estimate of drug-likeness (QED) is 0.598. The molecule has 2 atom stereocenters. The Morgan fingerprint density at radius 3 is 2.46 bits per heavy atom. The molecule has 78 valence electrons. The van der Waals surface area contributed by atoms with Gasteiger partial charge in [0.15, 0.2) is 6.10 Å². The van der Waals surface area contributed by atoms with Crippen molar-refractivity contribution >= 4 is 5.97 Å². The number of carbonyl (C=O) groups is 1. The van der Waals surface area contributed by atoms with Crippen LogP contribution in [0.15, 0.2) is 0 Å². The lowest BCUT2D eigenvalue weighted by molar-refractivity contribution is -0.153. The molecule has 1 unspecified atom stereocenters. The molecule has 0 spiro atoms. The molecular weight excluding hydrogens is 168 g/mol. The molecule has 0 bridgehead atoms. The summed E-state index contributed by atoms with van der Waals surface area (Å²) in [4.78, 5) is 10.9. The molecule has 0 aromatic rings. The second-order valence-corrected chi connectivity index (χ2v) is 3.39. The maximum absolute atomic E-state index is 10.9. The van der Waals surface area contributed by atoms with Crippen LogP contribution in [0, 0.1) is 5.92 Å². The van der Waals surface area contributed by atoms with Gasteiger partial charge in [0.05, 0.1) is 13.7 Å². The third-order valence-corrected chi connectivity index (χ3v) is 1.95. The highest BCUT2D eigenvalue weighted by atomic mass is 16.6. The van der Waals surface area contributed by atoms with E-state index in [0.717, 1.165) is 12.8 Å². The molecule has 0 heterocycles. The average molecular weight is 188 g/mol. The molecule has 13 heavy (non-hydrogen) atoms. The minimum absolute atomic E-state index is 0.302. The SMILES string of the molecule is CCCC(C)CO[C@H](C)C(=O)OC. The van der Waals surface area contributed by atoms with Crippen molar-refractivity contribution in [1.82, 2.24) is 0 Å². The molecule has 0 saturated carbocycles. The van der Waals surface area contributed by atoms with E-state index in [-0.39, 0.29) is 5.97 Å². The molecule has 0 aliphatic carbocycles. The number of hydrogen-bond donors (Lipinski definition) is 0. The topological polar surface area (TPSA) is 35.5 Å². The second-order valence-electron chi connectivity index (χ2n) is 3.39. The molecule has 0 aromatic heterocycles. The van der Waals surface area contributed by atoms with Gasteiger partial charge in [-0.05, 0) is 19.3 Å². The summed E-state index contributed by atoms with van der Waals surface area (Å²) < 4.78 is 9.87. The molecule has 0 aliphatic rings. The van der Waals surface area contributed by atoms with Crippen molar-refractivity contribution in [3.63, 3.8) is 0 Å². The van der Waals surface area contributed by atoms with Crippen LogP contribution in [0.3, 0.4) is 0 Å². The monoisotopic (exact) mass is 188 g/mol. The highest BCUT2D eigenvalue weighted by molar-refractivity contribution is 5.73. The highest BCUT2D eigenvalue weighted by Crippen LogP contribution is 2.07. The van der Waals surface area contributed by atoms with Crippen LogP contribution in [0.5, 0.6) is 0 Å². The van der Waals surface area contributed by atoms with Crippen molar-refractivity contribution in [3.05, 3.63) is 0 Å². The molecule has 0 fully saturated rings. The molecule has 0 aromatic carbocycles. The predicted octanol–water partition coefficient (Wildman–Crippen LogP) is 2.00. The summed E-state index contributed by atoms with van der Waals surface area (Å²) in [5.74, 6) is 0.209. The van der Waals surface area contributed by atoms with E-state index in [1.165, 1.54) is 7.11 Å². The summed E-state index contributed by atoms with van der Waals surface area (Å²) in [5.41, 5.74) is 0. The largest absolute Gasteiger partial charge is 0.467 e. The van der Waals surface area contributed by atoms with Gasteiger partial charge in [-0.1, -0.05) is 20.3 Å². The van der Waals surface area contributed by atoms with E-state index in [1.54, 1.807) is 6.92 Å². The van der Waals surface area contributed by atoms with E-state index >= 15 is 0 Å². The number of carbonyl (C=O) groups excluding carboxylic acids is 1. The summed E-state index contributed by atoms with van der Waals surface area (Å²) in [6, 6.07) is 0. The Morgan fingerprint density at radius 2 is 2.00 bits per heavy atom. The fraction of sp³-hybridized carbons (Fsp3) is 0.900. The fourth-order valence-corrected chi connectivity index (χ4v) is 1.12. The van der Waals surface area contributed by atoms with Gasteiger partial charge in [-0.2, -0.15) is 0 Å². The Labute approximate surface area is 80.4 Å². The van der Waals surface area contributed by atoms with Gasteiger partial charge in [0, 0.05) is 0 Å². The van der Waals surface area contributed by atoms with E-state index in [1.807, 2.05) is 0 Å². The number of hydrogen-bond acceptors (Lipinski definition) is 3. The summed E-state index contributed by atoms with van der Waals surface area (Å²) in [6.45, 7) is 6.60. The summed E-state index contributed by atoms with van der Waals surface area (Å²) >= 11 is 0. The molecule has 0 aliphatic heterocycles. The second kappa shape index (κ2) is 6.89. The van der Waals surface area contributed by atoms with Crippen LogP contribution in [0.2, 0.25) is 0 Å². The first-order valence-corrected chi connectivity index (χ1v) is 4.81. The zero-order valence-electron chi connectivity index (χ0n) is 9.00. The number of ether oxygens (including phenoxy) is 2. The summed E-state index contributed by atoms with van der Waals surface area (Å²) in [7, 11) is 1.37. The molecule has 0 N–H and O–H groups in total. The molecule has 0 rings (SSSR count). The standard InChI is InChI=1S/C10H20O3/c1-5-6-8(2)7-13-9(3)10(11)12-4/h8-9H,5-7H2,1-4H3/t8?,9-/m1/s1. The van der Waals surface area contributed by atoms with Gasteiger partial charge in [0.1, 0.15) is 0 Å². The third-order valence-electron chi connectivity index (χ3n) is 1.95. The molecular formula is C10H20O3. The lowest BCUT2D eigenvalue weighted by atomic mass is 10.1. The van der Waals surface area contributed by atoms with Gasteiger partial charge in [-0.15, -0.1) is 0 Å². The smallest absolute Gasteiger partial charge is 0.334 e. The van der Waals surface area contributed by atoms with Gasteiger partial charge < -0.3 is 9.47 Å². The van der Waals surface area contributed by atoms with E-state index in [2.05, 4.69) is 18.6 Å². The lowest BCUT2D eigenvalue weighted by Gasteiger charge is -2.14. The maximum atomic E-state index is 10.9. The van der Waals surface area contributed by atoms with E-state index in [4.69, 9.17) is 4.74 Å². The average Bonchev–Trinajstić information content (AvgIpc) is 2.13. The summed E-state index contributed by atoms with van der Waals surface area (Å²) in [5, 5.41) is 0. The highest BCUT2D eigenvalue weighted by Gasteiger charge is 2.14. The first-order valence-electron chi connectivity index (χ1n) is 4.81. The van der Waals surface area contributed by atoms with Crippen LogP contribution in [-0.2, 0) is 14.3 Å².